The number of hydrogen-bond acceptors (Lipinski definition) is 4. The first-order valence-electron chi connectivity index (χ1n) is 4.46. The van der Waals surface area contributed by atoms with Crippen molar-refractivity contribution in [3.63, 3.8) is 0 Å². The summed E-state index contributed by atoms with van der Waals surface area (Å²) in [5, 5.41) is 0. The highest BCUT2D eigenvalue weighted by Crippen LogP contribution is 2.17. The summed E-state index contributed by atoms with van der Waals surface area (Å²) in [6.45, 7) is 5.28. The summed E-state index contributed by atoms with van der Waals surface area (Å²) in [7, 11) is -3.59. The van der Waals surface area contributed by atoms with Crippen LogP contribution in [-0.2, 0) is 10.0 Å². The standard InChI is InChI=1S/C9H15N3O2S/c1-9(2,3)12-15(13,14)8-6-11-5-4-7(8)10/h4-6,12H,1-3H3,(H2,10,11). The van der Waals surface area contributed by atoms with E-state index in [0.717, 1.165) is 0 Å². The van der Waals surface area contributed by atoms with Crippen molar-refractivity contribution in [2.75, 3.05) is 5.73 Å². The first-order chi connectivity index (χ1) is 6.72. The lowest BCUT2D eigenvalue weighted by molar-refractivity contribution is 0.491. The minimum absolute atomic E-state index is 0.0138. The summed E-state index contributed by atoms with van der Waals surface area (Å²) in [6.07, 6.45) is 2.69. The highest BCUT2D eigenvalue weighted by Gasteiger charge is 2.23. The van der Waals surface area contributed by atoms with Crippen molar-refractivity contribution in [1.29, 1.82) is 0 Å². The van der Waals surface area contributed by atoms with Crippen LogP contribution in [0.25, 0.3) is 0 Å². The number of nitrogens with one attached hydrogen (secondary N) is 1. The maximum absolute atomic E-state index is 11.8. The molecule has 0 amide bonds. The number of nitrogen functional groups attached to an aromatic ring is 1. The third-order valence-electron chi connectivity index (χ3n) is 1.55. The van der Waals surface area contributed by atoms with Gasteiger partial charge in [0.2, 0.25) is 10.0 Å². The fourth-order valence-corrected chi connectivity index (χ4v) is 2.57. The molecule has 0 saturated heterocycles. The van der Waals surface area contributed by atoms with Crippen molar-refractivity contribution < 1.29 is 8.42 Å². The van der Waals surface area contributed by atoms with Gasteiger partial charge in [0, 0.05) is 17.9 Å². The average molecular weight is 229 g/mol. The molecule has 0 aromatic carbocycles. The van der Waals surface area contributed by atoms with Crippen molar-refractivity contribution in [2.45, 2.75) is 31.2 Å². The van der Waals surface area contributed by atoms with E-state index in [0.29, 0.717) is 0 Å². The molecule has 0 fully saturated rings. The van der Waals surface area contributed by atoms with Crippen molar-refractivity contribution in [3.8, 4) is 0 Å². The molecular weight excluding hydrogens is 214 g/mol. The van der Waals surface area contributed by atoms with Crippen LogP contribution in [0.4, 0.5) is 5.69 Å². The summed E-state index contributed by atoms with van der Waals surface area (Å²) in [4.78, 5) is 3.76. The van der Waals surface area contributed by atoms with Gasteiger partial charge in [-0.3, -0.25) is 4.98 Å². The monoisotopic (exact) mass is 229 g/mol. The fraction of sp³-hybridized carbons (Fsp3) is 0.444. The van der Waals surface area contributed by atoms with E-state index in [-0.39, 0.29) is 10.6 Å². The second kappa shape index (κ2) is 3.79. The van der Waals surface area contributed by atoms with Gasteiger partial charge < -0.3 is 5.73 Å². The average Bonchev–Trinajstić information content (AvgIpc) is 1.99. The summed E-state index contributed by atoms with van der Waals surface area (Å²) in [5.41, 5.74) is 5.22. The van der Waals surface area contributed by atoms with Crippen LogP contribution in [0.2, 0.25) is 0 Å². The van der Waals surface area contributed by atoms with Gasteiger partial charge in [-0.15, -0.1) is 0 Å². The molecule has 3 N–H and O–H groups in total. The predicted molar refractivity (Wildman–Crippen MR) is 58.7 cm³/mol. The Balaban J connectivity index is 3.13. The minimum Gasteiger partial charge on any atom is -0.398 e. The Bertz CT molecular complexity index is 449. The molecule has 84 valence electrons. The van der Waals surface area contributed by atoms with E-state index in [1.165, 1.54) is 18.5 Å². The van der Waals surface area contributed by atoms with Crippen molar-refractivity contribution in [2.24, 2.45) is 0 Å². The molecule has 0 bridgehead atoms. The Morgan fingerprint density at radius 3 is 2.47 bits per heavy atom. The van der Waals surface area contributed by atoms with Crippen molar-refractivity contribution >= 4 is 15.7 Å². The van der Waals surface area contributed by atoms with Crippen LogP contribution in [0.15, 0.2) is 23.4 Å². The van der Waals surface area contributed by atoms with Gasteiger partial charge >= 0.3 is 0 Å². The van der Waals surface area contributed by atoms with Gasteiger partial charge in [0.25, 0.3) is 0 Å². The number of sulfonamides is 1. The van der Waals surface area contributed by atoms with Crippen LogP contribution in [-0.4, -0.2) is 18.9 Å². The molecule has 0 saturated carbocycles. The summed E-state index contributed by atoms with van der Waals surface area (Å²) < 4.78 is 26.2. The Morgan fingerprint density at radius 2 is 2.00 bits per heavy atom. The molecule has 0 atom stereocenters. The van der Waals surface area contributed by atoms with Crippen LogP contribution < -0.4 is 10.5 Å². The van der Waals surface area contributed by atoms with E-state index < -0.39 is 15.6 Å². The molecule has 0 unspecified atom stereocenters. The second-order valence-corrected chi connectivity index (χ2v) is 5.92. The maximum Gasteiger partial charge on any atom is 0.244 e. The topological polar surface area (TPSA) is 85.1 Å². The van der Waals surface area contributed by atoms with Crippen molar-refractivity contribution in [1.82, 2.24) is 9.71 Å². The summed E-state index contributed by atoms with van der Waals surface area (Å²) in [5.74, 6) is 0. The van der Waals surface area contributed by atoms with Gasteiger partial charge in [-0.1, -0.05) is 0 Å². The Labute approximate surface area is 89.8 Å². The van der Waals surface area contributed by atoms with Crippen LogP contribution in [0.3, 0.4) is 0 Å². The smallest absolute Gasteiger partial charge is 0.244 e. The number of nitrogens with zero attached hydrogens (tertiary/aromatic N) is 1. The SMILES string of the molecule is CC(C)(C)NS(=O)(=O)c1cnccc1N. The Morgan fingerprint density at radius 1 is 1.40 bits per heavy atom. The van der Waals surface area contributed by atoms with Gasteiger partial charge in [0.15, 0.2) is 0 Å². The van der Waals surface area contributed by atoms with E-state index in [9.17, 15) is 8.42 Å². The molecule has 1 heterocycles. The van der Waals surface area contributed by atoms with E-state index in [4.69, 9.17) is 5.73 Å². The third-order valence-corrected chi connectivity index (χ3v) is 3.35. The first kappa shape index (κ1) is 11.9. The molecule has 15 heavy (non-hydrogen) atoms. The van der Waals surface area contributed by atoms with Crippen LogP contribution >= 0.6 is 0 Å². The molecule has 1 rings (SSSR count). The minimum atomic E-state index is -3.59. The van der Waals surface area contributed by atoms with Gasteiger partial charge in [-0.05, 0) is 26.8 Å². The molecule has 1 aromatic rings. The molecule has 0 aliphatic carbocycles. The van der Waals surface area contributed by atoms with Gasteiger partial charge in [0.1, 0.15) is 4.90 Å². The molecule has 6 heteroatoms. The number of aromatic nitrogens is 1. The fourth-order valence-electron chi connectivity index (χ4n) is 1.07. The van der Waals surface area contributed by atoms with Crippen LogP contribution in [0, 0.1) is 0 Å². The lowest BCUT2D eigenvalue weighted by Crippen LogP contribution is -2.40. The molecule has 5 nitrogen and oxygen atoms in total. The van der Waals surface area contributed by atoms with E-state index in [1.807, 2.05) is 0 Å². The maximum atomic E-state index is 11.8. The third kappa shape index (κ3) is 3.17. The zero-order valence-electron chi connectivity index (χ0n) is 8.98. The molecule has 0 radical (unpaired) electrons. The highest BCUT2D eigenvalue weighted by atomic mass is 32.2. The summed E-state index contributed by atoms with van der Waals surface area (Å²) >= 11 is 0. The predicted octanol–water partition coefficient (Wildman–Crippen LogP) is 0.741. The molecular formula is C9H15N3O2S. The zero-order chi connectivity index (χ0) is 11.7. The molecule has 0 aliphatic rings. The Hall–Kier alpha value is -1.14. The number of anilines is 1. The first-order valence-corrected chi connectivity index (χ1v) is 5.94. The normalized spacial score (nSPS) is 12.7. The molecule has 0 aliphatic heterocycles. The number of rotatable bonds is 2. The van der Waals surface area contributed by atoms with E-state index in [1.54, 1.807) is 20.8 Å². The number of hydrogen-bond donors (Lipinski definition) is 2. The lowest BCUT2D eigenvalue weighted by atomic mass is 10.1. The van der Waals surface area contributed by atoms with E-state index >= 15 is 0 Å². The van der Waals surface area contributed by atoms with Gasteiger partial charge in [-0.25, -0.2) is 13.1 Å². The zero-order valence-corrected chi connectivity index (χ0v) is 9.80. The van der Waals surface area contributed by atoms with Crippen LogP contribution in [0.5, 0.6) is 0 Å². The lowest BCUT2D eigenvalue weighted by Gasteiger charge is -2.20. The molecule has 0 spiro atoms. The van der Waals surface area contributed by atoms with E-state index in [2.05, 4.69) is 9.71 Å². The second-order valence-electron chi connectivity index (χ2n) is 4.27. The summed E-state index contributed by atoms with van der Waals surface area (Å²) in [6, 6.07) is 1.46. The Kier molecular flexibility index (Phi) is 3.01. The van der Waals surface area contributed by atoms with Gasteiger partial charge in [-0.2, -0.15) is 0 Å². The van der Waals surface area contributed by atoms with Crippen LogP contribution in [0.1, 0.15) is 20.8 Å². The number of pyridine rings is 1. The molecule has 1 aromatic heterocycles. The van der Waals surface area contributed by atoms with Gasteiger partial charge in [0.05, 0.1) is 5.69 Å². The largest absolute Gasteiger partial charge is 0.398 e. The van der Waals surface area contributed by atoms with Crippen molar-refractivity contribution in [3.05, 3.63) is 18.5 Å². The number of nitrogens with two attached hydrogens (primary N) is 1. The highest BCUT2D eigenvalue weighted by molar-refractivity contribution is 7.89. The quantitative estimate of drug-likeness (QED) is 0.783.